The summed E-state index contributed by atoms with van der Waals surface area (Å²) in [5.74, 6) is -0.0909. The molecule has 1 saturated heterocycles. The summed E-state index contributed by atoms with van der Waals surface area (Å²) in [5, 5.41) is 18.5. The number of hydrogen-bond acceptors (Lipinski definition) is 5. The Morgan fingerprint density at radius 3 is 2.62 bits per heavy atom. The second-order valence-corrected chi connectivity index (χ2v) is 8.61. The first-order chi connectivity index (χ1) is 16.4. The molecule has 1 aliphatic rings. The number of amides is 1. The Bertz CT molecular complexity index is 1370. The van der Waals surface area contributed by atoms with Crippen molar-refractivity contribution in [2.24, 2.45) is 4.99 Å². The monoisotopic (exact) mass is 472 g/mol. The van der Waals surface area contributed by atoms with Crippen LogP contribution < -0.4 is 0 Å². The number of nitrogens with zero attached hydrogens (tertiary/aromatic N) is 5. The van der Waals surface area contributed by atoms with Gasteiger partial charge in [-0.05, 0) is 56.0 Å². The molecule has 0 aliphatic carbocycles. The normalized spacial score (nSPS) is 14.5. The molecule has 0 unspecified atom stereocenters. The van der Waals surface area contributed by atoms with Crippen LogP contribution in [-0.4, -0.2) is 58.8 Å². The van der Waals surface area contributed by atoms with E-state index in [1.165, 1.54) is 6.08 Å². The lowest BCUT2D eigenvalue weighted by Crippen LogP contribution is -2.47. The molecule has 0 spiro atoms. The van der Waals surface area contributed by atoms with Crippen molar-refractivity contribution in [2.75, 3.05) is 26.2 Å². The van der Waals surface area contributed by atoms with E-state index in [1.807, 2.05) is 31.2 Å². The van der Waals surface area contributed by atoms with Gasteiger partial charge in [0.05, 0.1) is 34.7 Å². The van der Waals surface area contributed by atoms with Gasteiger partial charge in [-0.15, -0.1) is 0 Å². The number of halogens is 1. The molecule has 0 atom stereocenters. The van der Waals surface area contributed by atoms with Crippen LogP contribution in [0.15, 0.2) is 53.7 Å². The topological polar surface area (TPSA) is 88.4 Å². The largest absolute Gasteiger partial charge is 0.367 e. The summed E-state index contributed by atoms with van der Waals surface area (Å²) in [6, 6.07) is 10.1. The van der Waals surface area contributed by atoms with Crippen molar-refractivity contribution in [3.05, 3.63) is 64.8 Å². The molecule has 1 N–H and O–H groups in total. The summed E-state index contributed by atoms with van der Waals surface area (Å²) in [6.07, 6.45) is 3.12. The zero-order valence-corrected chi connectivity index (χ0v) is 20.0. The van der Waals surface area contributed by atoms with Crippen LogP contribution in [0.1, 0.15) is 18.1 Å². The molecule has 1 aliphatic heterocycles. The van der Waals surface area contributed by atoms with Gasteiger partial charge in [0.2, 0.25) is 5.91 Å². The third-order valence-corrected chi connectivity index (χ3v) is 6.53. The minimum Gasteiger partial charge on any atom is -0.367 e. The average molecular weight is 473 g/mol. The van der Waals surface area contributed by atoms with E-state index in [0.717, 1.165) is 38.9 Å². The van der Waals surface area contributed by atoms with Crippen molar-refractivity contribution >= 4 is 46.5 Å². The van der Waals surface area contributed by atoms with Gasteiger partial charge in [-0.2, -0.15) is 10.4 Å². The molecule has 0 radical (unpaired) electrons. The van der Waals surface area contributed by atoms with Crippen LogP contribution in [-0.2, 0) is 4.79 Å². The van der Waals surface area contributed by atoms with E-state index in [4.69, 9.17) is 11.6 Å². The molecule has 2 aromatic carbocycles. The average Bonchev–Trinajstić information content (AvgIpc) is 3.33. The zero-order chi connectivity index (χ0) is 24.4. The Morgan fingerprint density at radius 1 is 1.26 bits per heavy atom. The Labute approximate surface area is 203 Å². The lowest BCUT2D eigenvalue weighted by Gasteiger charge is -2.37. The van der Waals surface area contributed by atoms with Gasteiger partial charge >= 0.3 is 0 Å². The molecule has 4 rings (SSSR count). The molecule has 1 aromatic heterocycles. The fourth-order valence-corrected chi connectivity index (χ4v) is 4.76. The van der Waals surface area contributed by atoms with Crippen molar-refractivity contribution in [2.45, 2.75) is 13.8 Å². The van der Waals surface area contributed by atoms with Crippen LogP contribution in [0.2, 0.25) is 5.02 Å². The number of carbonyl (C=O) groups is 1. The molecule has 0 saturated carbocycles. The van der Waals surface area contributed by atoms with Gasteiger partial charge in [-0.3, -0.25) is 14.9 Å². The third-order valence-electron chi connectivity index (χ3n) is 6.22. The predicted octanol–water partition coefficient (Wildman–Crippen LogP) is 5.11. The fourth-order valence-electron chi connectivity index (χ4n) is 4.50. The second-order valence-electron chi connectivity index (χ2n) is 8.20. The fraction of sp³-hybridized carbons (Fsp3) is 0.231. The van der Waals surface area contributed by atoms with Gasteiger partial charge in [0.15, 0.2) is 0 Å². The summed E-state index contributed by atoms with van der Waals surface area (Å²) < 4.78 is 0. The number of nitrogens with one attached hydrogen (secondary N) is 1. The van der Waals surface area contributed by atoms with E-state index >= 15 is 0 Å². The summed E-state index contributed by atoms with van der Waals surface area (Å²) in [6.45, 7) is 13.4. The highest BCUT2D eigenvalue weighted by atomic mass is 35.5. The third kappa shape index (κ3) is 4.09. The van der Waals surface area contributed by atoms with Gasteiger partial charge < -0.3 is 9.80 Å². The Kier molecular flexibility index (Phi) is 6.53. The summed E-state index contributed by atoms with van der Waals surface area (Å²) >= 11 is 6.87. The number of piperazine rings is 1. The molecular formula is C26H25ClN6O. The highest BCUT2D eigenvalue weighted by Crippen LogP contribution is 2.42. The van der Waals surface area contributed by atoms with Gasteiger partial charge in [0, 0.05) is 47.7 Å². The predicted molar refractivity (Wildman–Crippen MR) is 137 cm³/mol. The first-order valence-corrected chi connectivity index (χ1v) is 11.3. The summed E-state index contributed by atoms with van der Waals surface area (Å²) in [5.41, 5.74) is 6.45. The highest BCUT2D eigenvalue weighted by Gasteiger charge is 2.26. The number of H-pyrrole nitrogens is 1. The number of fused-ring (bicyclic) bond motifs is 1. The maximum atomic E-state index is 12.0. The maximum absolute atomic E-state index is 12.0. The van der Waals surface area contributed by atoms with Crippen LogP contribution in [0, 0.1) is 18.3 Å². The number of nitriles is 1. The maximum Gasteiger partial charge on any atom is 0.246 e. The molecule has 1 amide bonds. The molecule has 0 bridgehead atoms. The number of rotatable bonds is 5. The number of aliphatic imine (C=N–C) groups is 1. The smallest absolute Gasteiger partial charge is 0.246 e. The molecule has 3 aromatic rings. The molecule has 172 valence electrons. The minimum atomic E-state index is -0.0909. The van der Waals surface area contributed by atoms with Crippen LogP contribution in [0.5, 0.6) is 0 Å². The van der Waals surface area contributed by atoms with E-state index in [-0.39, 0.29) is 5.91 Å². The molecule has 34 heavy (non-hydrogen) atoms. The van der Waals surface area contributed by atoms with Gasteiger partial charge in [0.25, 0.3) is 0 Å². The minimum absolute atomic E-state index is 0.0909. The van der Waals surface area contributed by atoms with Crippen molar-refractivity contribution in [3.8, 4) is 17.2 Å². The SMILES string of the molecule is C=CC(=O)N1CCN(/C(=C(/C)C#N)c2cc(Cl)c(-c3c(C)ccc4[nH]ncc34)cc2N=C)CC1. The van der Waals surface area contributed by atoms with E-state index in [2.05, 4.69) is 39.5 Å². The number of hydrogen-bond donors (Lipinski definition) is 1. The summed E-state index contributed by atoms with van der Waals surface area (Å²) in [4.78, 5) is 20.2. The van der Waals surface area contributed by atoms with Gasteiger partial charge in [-0.25, -0.2) is 0 Å². The van der Waals surface area contributed by atoms with E-state index in [9.17, 15) is 10.1 Å². The number of benzene rings is 2. The first-order valence-electron chi connectivity index (χ1n) is 10.9. The number of aryl methyl sites for hydroxylation is 1. The second kappa shape index (κ2) is 9.54. The Balaban J connectivity index is 1.81. The highest BCUT2D eigenvalue weighted by molar-refractivity contribution is 6.34. The Morgan fingerprint density at radius 2 is 1.97 bits per heavy atom. The zero-order valence-electron chi connectivity index (χ0n) is 19.2. The van der Waals surface area contributed by atoms with Crippen molar-refractivity contribution in [3.63, 3.8) is 0 Å². The molecule has 8 heteroatoms. The van der Waals surface area contributed by atoms with Crippen LogP contribution >= 0.6 is 11.6 Å². The number of allylic oxidation sites excluding steroid dienone is 1. The standard InChI is InChI=1S/C26H25ClN6O/c1-5-24(34)32-8-10-33(11-9-32)26(17(3)14-28)19-12-21(27)18(13-23(19)29-4)25-16(2)6-7-22-20(25)15-30-31-22/h5-7,12-13,15H,1,4,8-11H2,2-3H3,(H,30,31)/b26-17-. The van der Waals surface area contributed by atoms with Crippen LogP contribution in [0.4, 0.5) is 5.69 Å². The van der Waals surface area contributed by atoms with E-state index < -0.39 is 0 Å². The quantitative estimate of drug-likeness (QED) is 0.317. The first kappa shape index (κ1) is 23.3. The molecule has 1 fully saturated rings. The van der Waals surface area contributed by atoms with Gasteiger partial charge in [0.1, 0.15) is 0 Å². The van der Waals surface area contributed by atoms with Crippen molar-refractivity contribution in [1.82, 2.24) is 20.0 Å². The molecular weight excluding hydrogens is 448 g/mol. The lowest BCUT2D eigenvalue weighted by atomic mass is 9.93. The lowest BCUT2D eigenvalue weighted by molar-refractivity contribution is -0.127. The number of aromatic amines is 1. The number of aromatic nitrogens is 2. The van der Waals surface area contributed by atoms with E-state index in [0.29, 0.717) is 42.5 Å². The summed E-state index contributed by atoms with van der Waals surface area (Å²) in [7, 11) is 0. The van der Waals surface area contributed by atoms with E-state index in [1.54, 1.807) is 18.0 Å². The number of carbonyl (C=O) groups excluding carboxylic acids is 1. The molecule has 2 heterocycles. The van der Waals surface area contributed by atoms with Gasteiger partial charge in [-0.1, -0.05) is 24.2 Å². The van der Waals surface area contributed by atoms with Crippen molar-refractivity contribution in [1.29, 1.82) is 5.26 Å². The van der Waals surface area contributed by atoms with Crippen LogP contribution in [0.25, 0.3) is 27.7 Å². The molecule has 7 nitrogen and oxygen atoms in total. The van der Waals surface area contributed by atoms with Crippen molar-refractivity contribution < 1.29 is 4.79 Å². The Hall–Kier alpha value is -3.89. The van der Waals surface area contributed by atoms with Crippen LogP contribution in [0.3, 0.4) is 0 Å².